The van der Waals surface area contributed by atoms with E-state index in [0.29, 0.717) is 5.95 Å². The summed E-state index contributed by atoms with van der Waals surface area (Å²) in [5.74, 6) is 1.33. The number of nitrogens with zero attached hydrogens (tertiary/aromatic N) is 5. The summed E-state index contributed by atoms with van der Waals surface area (Å²) in [4.78, 5) is 11.6. The summed E-state index contributed by atoms with van der Waals surface area (Å²) in [5.41, 5.74) is 4.34. The van der Waals surface area contributed by atoms with Crippen molar-refractivity contribution < 1.29 is 9.84 Å². The van der Waals surface area contributed by atoms with Crippen molar-refractivity contribution in [1.82, 2.24) is 24.6 Å². The molecule has 158 valence electrons. The minimum Gasteiger partial charge on any atom is -0.495 e. The molecule has 1 aliphatic heterocycles. The zero-order chi connectivity index (χ0) is 20.7. The Morgan fingerprint density at radius 2 is 1.97 bits per heavy atom. The zero-order valence-corrected chi connectivity index (χ0v) is 17.5. The molecule has 0 amide bonds. The van der Waals surface area contributed by atoms with Crippen LogP contribution in [0.3, 0.4) is 0 Å². The van der Waals surface area contributed by atoms with Gasteiger partial charge in [0.25, 0.3) is 0 Å². The van der Waals surface area contributed by atoms with Crippen LogP contribution in [0.4, 0.5) is 11.6 Å². The van der Waals surface area contributed by atoms with E-state index in [4.69, 9.17) is 9.72 Å². The topological polar surface area (TPSA) is 88.3 Å². The first-order valence-electron chi connectivity index (χ1n) is 10.6. The second kappa shape index (κ2) is 7.85. The Hall–Kier alpha value is -2.71. The summed E-state index contributed by atoms with van der Waals surface area (Å²) < 4.78 is 7.63. The van der Waals surface area contributed by atoms with Crippen molar-refractivity contribution in [3.05, 3.63) is 35.7 Å². The number of fused-ring (bicyclic) bond motifs is 2. The Morgan fingerprint density at radius 1 is 1.13 bits per heavy atom. The lowest BCUT2D eigenvalue weighted by Crippen LogP contribution is -2.26. The second-order valence-electron chi connectivity index (χ2n) is 8.46. The van der Waals surface area contributed by atoms with E-state index >= 15 is 0 Å². The fraction of sp³-hybridized carbons (Fsp3) is 0.500. The predicted octanol–water partition coefficient (Wildman–Crippen LogP) is 3.04. The van der Waals surface area contributed by atoms with Gasteiger partial charge in [0.15, 0.2) is 5.65 Å². The van der Waals surface area contributed by atoms with Gasteiger partial charge < -0.3 is 20.1 Å². The lowest BCUT2D eigenvalue weighted by molar-refractivity contribution is 0.109. The number of likely N-dealkylation sites (N-methyl/N-ethyl adjacent to an activating group) is 1. The molecule has 3 heterocycles. The molecule has 1 saturated carbocycles. The van der Waals surface area contributed by atoms with Gasteiger partial charge in [-0.05, 0) is 62.4 Å². The summed E-state index contributed by atoms with van der Waals surface area (Å²) in [7, 11) is 3.83. The molecule has 0 saturated heterocycles. The van der Waals surface area contributed by atoms with Crippen LogP contribution in [0.5, 0.6) is 5.75 Å². The molecule has 1 aliphatic carbocycles. The molecule has 2 aliphatic rings. The van der Waals surface area contributed by atoms with Crippen molar-refractivity contribution in [3.8, 4) is 5.75 Å². The summed E-state index contributed by atoms with van der Waals surface area (Å²) in [6.07, 6.45) is 7.91. The molecule has 1 fully saturated rings. The van der Waals surface area contributed by atoms with Gasteiger partial charge in [0.05, 0.1) is 36.5 Å². The van der Waals surface area contributed by atoms with Crippen molar-refractivity contribution in [3.63, 3.8) is 0 Å². The Morgan fingerprint density at radius 3 is 2.77 bits per heavy atom. The fourth-order valence-electron chi connectivity index (χ4n) is 4.58. The van der Waals surface area contributed by atoms with E-state index in [2.05, 4.69) is 39.5 Å². The fourth-order valence-corrected chi connectivity index (χ4v) is 4.58. The van der Waals surface area contributed by atoms with Crippen LogP contribution in [0.15, 0.2) is 24.5 Å². The lowest BCUT2D eigenvalue weighted by atomic mass is 9.93. The van der Waals surface area contributed by atoms with Crippen LogP contribution in [-0.4, -0.2) is 56.6 Å². The standard InChI is InChI=1S/C22H28N6O2/c1-27-8-7-14-10-20(30-2)19(9-15(14)13-27)25-22-23-11-16-12-24-28(21(16)26-22)17-3-5-18(29)6-4-17/h9-12,17-18,29H,3-8,13H2,1-2H3,(H,23,25,26). The van der Waals surface area contributed by atoms with Crippen LogP contribution >= 0.6 is 0 Å². The van der Waals surface area contributed by atoms with Crippen molar-refractivity contribution in [1.29, 1.82) is 0 Å². The quantitative estimate of drug-likeness (QED) is 0.686. The maximum Gasteiger partial charge on any atom is 0.229 e. The molecular formula is C22H28N6O2. The van der Waals surface area contributed by atoms with Crippen LogP contribution in [0.25, 0.3) is 11.0 Å². The van der Waals surface area contributed by atoms with Crippen LogP contribution in [0.2, 0.25) is 0 Å². The molecule has 0 radical (unpaired) electrons. The van der Waals surface area contributed by atoms with E-state index in [-0.39, 0.29) is 12.1 Å². The van der Waals surface area contributed by atoms with Gasteiger partial charge >= 0.3 is 0 Å². The number of rotatable bonds is 4. The summed E-state index contributed by atoms with van der Waals surface area (Å²) in [6.45, 7) is 1.99. The number of anilines is 2. The molecule has 0 bridgehead atoms. The van der Waals surface area contributed by atoms with E-state index in [0.717, 1.165) is 67.7 Å². The molecule has 0 atom stereocenters. The zero-order valence-electron chi connectivity index (χ0n) is 17.5. The number of benzene rings is 1. The van der Waals surface area contributed by atoms with E-state index < -0.39 is 0 Å². The number of ether oxygens (including phenoxy) is 1. The number of aliphatic hydroxyl groups is 1. The highest BCUT2D eigenvalue weighted by Crippen LogP contribution is 2.34. The number of nitrogens with one attached hydrogen (secondary N) is 1. The van der Waals surface area contributed by atoms with Gasteiger partial charge in [-0.1, -0.05) is 0 Å². The molecule has 2 aromatic heterocycles. The van der Waals surface area contributed by atoms with Gasteiger partial charge in [-0.2, -0.15) is 10.1 Å². The van der Waals surface area contributed by atoms with E-state index in [1.165, 1.54) is 11.1 Å². The van der Waals surface area contributed by atoms with Crippen LogP contribution < -0.4 is 10.1 Å². The normalized spacial score (nSPS) is 22.1. The maximum absolute atomic E-state index is 9.82. The molecule has 8 nitrogen and oxygen atoms in total. The van der Waals surface area contributed by atoms with Gasteiger partial charge in [0, 0.05) is 19.3 Å². The minimum atomic E-state index is -0.189. The van der Waals surface area contributed by atoms with Gasteiger partial charge in [0.2, 0.25) is 5.95 Å². The van der Waals surface area contributed by atoms with Gasteiger partial charge in [-0.25, -0.2) is 9.67 Å². The van der Waals surface area contributed by atoms with Crippen LogP contribution in [-0.2, 0) is 13.0 Å². The van der Waals surface area contributed by atoms with Gasteiger partial charge in [-0.3, -0.25) is 0 Å². The number of hydrogen-bond acceptors (Lipinski definition) is 7. The Kier molecular flexibility index (Phi) is 5.04. The molecule has 0 unspecified atom stereocenters. The van der Waals surface area contributed by atoms with Crippen LogP contribution in [0.1, 0.15) is 42.9 Å². The number of hydrogen-bond donors (Lipinski definition) is 2. The van der Waals surface area contributed by atoms with Gasteiger partial charge in [0.1, 0.15) is 5.75 Å². The average Bonchev–Trinajstić information content (AvgIpc) is 3.17. The van der Waals surface area contributed by atoms with E-state index in [1.54, 1.807) is 7.11 Å². The van der Waals surface area contributed by atoms with Crippen molar-refractivity contribution in [2.45, 2.75) is 50.8 Å². The number of aliphatic hydroxyl groups excluding tert-OH is 1. The molecule has 0 spiro atoms. The second-order valence-corrected chi connectivity index (χ2v) is 8.46. The predicted molar refractivity (Wildman–Crippen MR) is 115 cm³/mol. The molecule has 5 rings (SSSR count). The number of methoxy groups -OCH3 is 1. The SMILES string of the molecule is COc1cc2c(cc1Nc1ncc3cnn(C4CCC(O)CC4)c3n1)CN(C)CC2. The highest BCUT2D eigenvalue weighted by atomic mass is 16.5. The Bertz CT molecular complexity index is 1060. The third-order valence-electron chi connectivity index (χ3n) is 6.32. The van der Waals surface area contributed by atoms with E-state index in [1.807, 2.05) is 17.1 Å². The maximum atomic E-state index is 9.82. The Balaban J connectivity index is 1.46. The highest BCUT2D eigenvalue weighted by molar-refractivity contribution is 5.76. The van der Waals surface area contributed by atoms with E-state index in [9.17, 15) is 5.11 Å². The van der Waals surface area contributed by atoms with Crippen molar-refractivity contribution in [2.24, 2.45) is 0 Å². The molecule has 3 aromatic rings. The summed E-state index contributed by atoms with van der Waals surface area (Å²) in [5, 5.41) is 18.7. The largest absolute Gasteiger partial charge is 0.495 e. The van der Waals surface area contributed by atoms with Crippen molar-refractivity contribution >= 4 is 22.7 Å². The third kappa shape index (κ3) is 3.61. The average molecular weight is 409 g/mol. The summed E-state index contributed by atoms with van der Waals surface area (Å²) >= 11 is 0. The molecule has 1 aromatic carbocycles. The van der Waals surface area contributed by atoms with Gasteiger partial charge in [-0.15, -0.1) is 0 Å². The first-order valence-corrected chi connectivity index (χ1v) is 10.6. The molecule has 8 heteroatoms. The molecule has 30 heavy (non-hydrogen) atoms. The minimum absolute atomic E-state index is 0.189. The molecule has 2 N–H and O–H groups in total. The lowest BCUT2D eigenvalue weighted by Gasteiger charge is -2.26. The highest BCUT2D eigenvalue weighted by Gasteiger charge is 2.23. The smallest absolute Gasteiger partial charge is 0.229 e. The van der Waals surface area contributed by atoms with Crippen LogP contribution in [0, 0.1) is 0 Å². The first kappa shape index (κ1) is 19.3. The summed E-state index contributed by atoms with van der Waals surface area (Å²) in [6, 6.07) is 4.54. The Labute approximate surface area is 175 Å². The first-order chi connectivity index (χ1) is 14.6. The molecular weight excluding hydrogens is 380 g/mol. The third-order valence-corrected chi connectivity index (χ3v) is 6.32. The monoisotopic (exact) mass is 408 g/mol. The number of aromatic nitrogens is 4. The van der Waals surface area contributed by atoms with Crippen molar-refractivity contribution in [2.75, 3.05) is 26.0 Å².